The zero-order valence-electron chi connectivity index (χ0n) is 31.0. The summed E-state index contributed by atoms with van der Waals surface area (Å²) in [6.45, 7) is 1.84. The lowest BCUT2D eigenvalue weighted by molar-refractivity contribution is -0.669. The van der Waals surface area contributed by atoms with Gasteiger partial charge in [-0.2, -0.15) is 4.57 Å². The van der Waals surface area contributed by atoms with Gasteiger partial charge in [0.15, 0.2) is 6.54 Å². The summed E-state index contributed by atoms with van der Waals surface area (Å²) in [7, 11) is -2.05. The average molecular weight is 788 g/mol. The standard InChI is InChI=1S/C46H47N2O2S4/c1-53(49)39-21-23-43-41(31-39)47(25-9-15-33-11-5-3-6-12-33)45(51-43)29-35-17-19-37-20-18-36(28-38(37)27-35)30-46-48(26-10-16-34-13-7-4-8-14-34)42-32-40(54(2)50)22-24-44(42)52-46/h3-8,11-14,21-24,27-32,37H,9-10,15-20,25-26H2,1-2H3/q+1. The van der Waals surface area contributed by atoms with Crippen molar-refractivity contribution in [2.24, 2.45) is 5.92 Å². The molecule has 0 fully saturated rings. The molecule has 0 saturated carbocycles. The molecule has 5 aromatic rings. The number of aryl methyl sites for hydroxylation is 3. The largest absolute Gasteiger partial charge is 0.335 e. The second kappa shape index (κ2) is 16.9. The van der Waals surface area contributed by atoms with Gasteiger partial charge in [0.05, 0.1) is 21.5 Å². The van der Waals surface area contributed by atoms with Crippen LogP contribution in [0.4, 0.5) is 5.69 Å². The SMILES string of the molecule is CS(=O)c1ccc2c(c1)N(CCCc1ccccc1)C(=CC1=CC3=CC(=Cc4sc5ccc(S(C)=O)cc5[n+]4CCCc4ccccc4)CCC3CC1)S2. The fourth-order valence-electron chi connectivity index (χ4n) is 7.92. The molecule has 4 aromatic carbocycles. The number of nitrogens with zero attached hydrogens (tertiary/aromatic N) is 2. The van der Waals surface area contributed by atoms with E-state index in [2.05, 4.69) is 119 Å². The summed E-state index contributed by atoms with van der Waals surface area (Å²) in [5, 5.41) is 2.53. The molecule has 0 bridgehead atoms. The van der Waals surface area contributed by atoms with Crippen LogP contribution in [0.3, 0.4) is 0 Å². The smallest absolute Gasteiger partial charge is 0.263 e. The van der Waals surface area contributed by atoms with Gasteiger partial charge in [-0.15, -0.1) is 0 Å². The van der Waals surface area contributed by atoms with Crippen molar-refractivity contribution in [2.75, 3.05) is 24.0 Å². The maximum absolute atomic E-state index is 12.5. The number of thiazole rings is 1. The van der Waals surface area contributed by atoms with E-state index in [1.807, 2.05) is 35.2 Å². The van der Waals surface area contributed by atoms with E-state index in [0.717, 1.165) is 61.4 Å². The number of hydrogen-bond donors (Lipinski definition) is 0. The van der Waals surface area contributed by atoms with Gasteiger partial charge in [0.2, 0.25) is 5.52 Å². The van der Waals surface area contributed by atoms with Crippen LogP contribution in [0.15, 0.2) is 152 Å². The summed E-state index contributed by atoms with van der Waals surface area (Å²) < 4.78 is 28.6. The molecule has 0 amide bonds. The summed E-state index contributed by atoms with van der Waals surface area (Å²) >= 11 is 3.69. The Labute approximate surface area is 333 Å². The number of anilines is 1. The molecule has 2 heterocycles. The molecule has 1 aromatic heterocycles. The third-order valence-electron chi connectivity index (χ3n) is 10.8. The minimum absolute atomic E-state index is 0.601. The van der Waals surface area contributed by atoms with Gasteiger partial charge in [-0.1, -0.05) is 95.9 Å². The van der Waals surface area contributed by atoms with Crippen molar-refractivity contribution in [3.8, 4) is 0 Å². The molecule has 3 unspecified atom stereocenters. The lowest BCUT2D eigenvalue weighted by atomic mass is 9.77. The predicted octanol–water partition coefficient (Wildman–Crippen LogP) is 10.8. The van der Waals surface area contributed by atoms with E-state index in [-0.39, 0.29) is 0 Å². The highest BCUT2D eigenvalue weighted by Gasteiger charge is 2.29. The van der Waals surface area contributed by atoms with Crippen LogP contribution in [-0.2, 0) is 41.0 Å². The number of fused-ring (bicyclic) bond motifs is 3. The van der Waals surface area contributed by atoms with Gasteiger partial charge < -0.3 is 4.90 Å². The lowest BCUT2D eigenvalue weighted by Crippen LogP contribution is -2.35. The topological polar surface area (TPSA) is 41.3 Å². The molecule has 3 aliphatic rings. The molecule has 4 nitrogen and oxygen atoms in total. The van der Waals surface area contributed by atoms with Crippen LogP contribution in [0.1, 0.15) is 54.7 Å². The summed E-state index contributed by atoms with van der Waals surface area (Å²) in [5.74, 6) is 0.601. The van der Waals surface area contributed by atoms with Crippen molar-refractivity contribution in [3.63, 3.8) is 0 Å². The number of benzene rings is 4. The van der Waals surface area contributed by atoms with Crippen LogP contribution in [0.5, 0.6) is 0 Å². The Morgan fingerprint density at radius 1 is 0.778 bits per heavy atom. The molecular formula is C46H47N2O2S4+. The molecular weight excluding hydrogens is 741 g/mol. The molecule has 0 saturated heterocycles. The summed E-state index contributed by atoms with van der Waals surface area (Å²) in [6.07, 6.45) is 22.0. The highest BCUT2D eigenvalue weighted by molar-refractivity contribution is 8.03. The van der Waals surface area contributed by atoms with Crippen LogP contribution in [-0.4, -0.2) is 27.5 Å². The highest BCUT2D eigenvalue weighted by Crippen LogP contribution is 2.48. The van der Waals surface area contributed by atoms with E-state index >= 15 is 0 Å². The molecule has 276 valence electrons. The van der Waals surface area contributed by atoms with Gasteiger partial charge in [-0.3, -0.25) is 8.42 Å². The van der Waals surface area contributed by atoms with Crippen molar-refractivity contribution in [3.05, 3.63) is 153 Å². The highest BCUT2D eigenvalue weighted by atomic mass is 32.2. The molecule has 8 rings (SSSR count). The molecule has 1 aliphatic heterocycles. The average Bonchev–Trinajstić information content (AvgIpc) is 3.71. The third-order valence-corrected chi connectivity index (χ3v) is 14.9. The van der Waals surface area contributed by atoms with Crippen LogP contribution in [0.2, 0.25) is 0 Å². The molecule has 3 atom stereocenters. The van der Waals surface area contributed by atoms with E-state index < -0.39 is 21.6 Å². The van der Waals surface area contributed by atoms with Gasteiger partial charge in [0.1, 0.15) is 4.70 Å². The first kappa shape index (κ1) is 37.1. The van der Waals surface area contributed by atoms with Gasteiger partial charge in [0.25, 0.3) is 5.01 Å². The van der Waals surface area contributed by atoms with Crippen molar-refractivity contribution in [2.45, 2.75) is 72.6 Å². The summed E-state index contributed by atoms with van der Waals surface area (Å²) in [5.41, 5.74) is 9.32. The maximum atomic E-state index is 12.5. The first-order valence-electron chi connectivity index (χ1n) is 19.0. The normalized spacial score (nSPS) is 19.4. The van der Waals surface area contributed by atoms with Crippen molar-refractivity contribution in [1.29, 1.82) is 0 Å². The van der Waals surface area contributed by atoms with E-state index in [9.17, 15) is 8.42 Å². The number of rotatable bonds is 12. The van der Waals surface area contributed by atoms with E-state index in [1.54, 1.807) is 12.5 Å². The third kappa shape index (κ3) is 8.52. The van der Waals surface area contributed by atoms with Crippen LogP contribution >= 0.6 is 23.1 Å². The Bertz CT molecular complexity index is 2340. The Morgan fingerprint density at radius 3 is 2.20 bits per heavy atom. The Balaban J connectivity index is 1.07. The van der Waals surface area contributed by atoms with E-state index in [4.69, 9.17) is 0 Å². The van der Waals surface area contributed by atoms with E-state index in [0.29, 0.717) is 5.92 Å². The summed E-state index contributed by atoms with van der Waals surface area (Å²) in [6, 6.07) is 34.1. The Hall–Kier alpha value is -3.82. The molecule has 2 aliphatic carbocycles. The number of allylic oxidation sites excluding steroid dienone is 6. The minimum Gasteiger partial charge on any atom is -0.335 e. The molecule has 54 heavy (non-hydrogen) atoms. The fourth-order valence-corrected chi connectivity index (χ4v) is 11.3. The summed E-state index contributed by atoms with van der Waals surface area (Å²) in [4.78, 5) is 5.47. The number of thioether (sulfide) groups is 1. The zero-order chi connectivity index (χ0) is 37.0. The van der Waals surface area contributed by atoms with Crippen molar-refractivity contribution >= 4 is 66.7 Å². The number of hydrogen-bond acceptors (Lipinski definition) is 5. The van der Waals surface area contributed by atoms with Gasteiger partial charge in [0, 0.05) is 63.1 Å². The van der Waals surface area contributed by atoms with Crippen LogP contribution in [0.25, 0.3) is 16.3 Å². The van der Waals surface area contributed by atoms with Crippen molar-refractivity contribution in [1.82, 2.24) is 0 Å². The van der Waals surface area contributed by atoms with E-state index in [1.165, 1.54) is 71.5 Å². The second-order valence-corrected chi connectivity index (χ2v) is 19.4. The second-order valence-electron chi connectivity index (χ2n) is 14.5. The van der Waals surface area contributed by atoms with Crippen LogP contribution in [0, 0.1) is 5.92 Å². The fraction of sp³-hybridized carbons (Fsp3) is 0.283. The predicted molar refractivity (Wildman–Crippen MR) is 230 cm³/mol. The zero-order valence-corrected chi connectivity index (χ0v) is 34.3. The molecule has 0 N–H and O–H groups in total. The van der Waals surface area contributed by atoms with Gasteiger partial charge in [-0.25, -0.2) is 0 Å². The Kier molecular flexibility index (Phi) is 11.6. The van der Waals surface area contributed by atoms with Gasteiger partial charge in [-0.05, 0) is 115 Å². The Morgan fingerprint density at radius 2 is 1.46 bits per heavy atom. The number of aromatic nitrogens is 1. The first-order valence-corrected chi connectivity index (χ1v) is 23.8. The first-order chi connectivity index (χ1) is 26.4. The quantitative estimate of drug-likeness (QED) is 0.118. The monoisotopic (exact) mass is 787 g/mol. The lowest BCUT2D eigenvalue weighted by Gasteiger charge is -2.29. The maximum Gasteiger partial charge on any atom is 0.263 e. The molecule has 8 heteroatoms. The van der Waals surface area contributed by atoms with Crippen molar-refractivity contribution < 1.29 is 13.0 Å². The van der Waals surface area contributed by atoms with Crippen LogP contribution < -0.4 is 9.47 Å². The molecule has 0 radical (unpaired) electrons. The minimum atomic E-state index is -1.02. The molecule has 0 spiro atoms. The van der Waals surface area contributed by atoms with Gasteiger partial charge >= 0.3 is 0 Å².